The van der Waals surface area contributed by atoms with Gasteiger partial charge in [0.15, 0.2) is 5.65 Å². The van der Waals surface area contributed by atoms with E-state index < -0.39 is 23.6 Å². The predicted molar refractivity (Wildman–Crippen MR) is 113 cm³/mol. The van der Waals surface area contributed by atoms with Crippen molar-refractivity contribution in [3.05, 3.63) is 35.7 Å². The van der Waals surface area contributed by atoms with Crippen molar-refractivity contribution in [1.29, 1.82) is 0 Å². The molecule has 3 aromatic rings. The topological polar surface area (TPSA) is 108 Å². The number of rotatable bonds is 5. The summed E-state index contributed by atoms with van der Waals surface area (Å²) in [6.07, 6.45) is -1.24. The molecule has 2 atom stereocenters. The Morgan fingerprint density at radius 2 is 1.91 bits per heavy atom. The number of nitrogens with zero attached hydrogens (tertiary/aromatic N) is 5. The fourth-order valence-electron chi connectivity index (χ4n) is 4.62. The second kappa shape index (κ2) is 8.23. The van der Waals surface area contributed by atoms with Crippen LogP contribution in [-0.2, 0) is 6.18 Å². The van der Waals surface area contributed by atoms with Crippen molar-refractivity contribution >= 4 is 11.2 Å². The molecule has 33 heavy (non-hydrogen) atoms. The number of phenolic OH excluding ortho intramolecular Hbond substituents is 1. The first-order chi connectivity index (χ1) is 15.8. The first kappa shape index (κ1) is 22.1. The Labute approximate surface area is 187 Å². The highest BCUT2D eigenvalue weighted by Gasteiger charge is 2.36. The molecule has 176 valence electrons. The maximum Gasteiger partial charge on any atom is 0.416 e. The number of hydrogen-bond acceptors (Lipinski definition) is 7. The van der Waals surface area contributed by atoms with Gasteiger partial charge in [0.05, 0.1) is 30.6 Å². The number of phenols is 1. The second-order valence-corrected chi connectivity index (χ2v) is 8.74. The summed E-state index contributed by atoms with van der Waals surface area (Å²) in [7, 11) is 0. The molecule has 3 N–H and O–H groups in total. The Balaban J connectivity index is 1.58. The molecule has 1 aliphatic carbocycles. The van der Waals surface area contributed by atoms with Gasteiger partial charge in [0.25, 0.3) is 0 Å². The van der Waals surface area contributed by atoms with E-state index in [2.05, 4.69) is 20.1 Å². The fourth-order valence-corrected chi connectivity index (χ4v) is 4.62. The van der Waals surface area contributed by atoms with Crippen LogP contribution in [0.5, 0.6) is 5.75 Å². The van der Waals surface area contributed by atoms with E-state index in [0.717, 1.165) is 24.5 Å². The number of hydrogen-bond donors (Lipinski definition) is 3. The molecule has 1 aromatic carbocycles. The molecule has 2 aromatic heterocycles. The number of aromatic hydroxyl groups is 1. The molecule has 0 spiro atoms. The summed E-state index contributed by atoms with van der Waals surface area (Å²) in [5, 5.41) is 38.9. The molecule has 5 rings (SSSR count). The van der Waals surface area contributed by atoms with Crippen LogP contribution in [0.25, 0.3) is 22.4 Å². The minimum Gasteiger partial charge on any atom is -0.507 e. The number of likely N-dealkylation sites (tertiary alicyclic amines) is 1. The number of alkyl halides is 3. The Kier molecular flexibility index (Phi) is 5.50. The summed E-state index contributed by atoms with van der Waals surface area (Å²) < 4.78 is 40.9. The zero-order valence-electron chi connectivity index (χ0n) is 17.7. The summed E-state index contributed by atoms with van der Waals surface area (Å²) in [6.45, 7) is 1.74. The normalized spacial score (nSPS) is 22.2. The van der Waals surface area contributed by atoms with Gasteiger partial charge in [-0.15, -0.1) is 10.2 Å². The number of aliphatic hydroxyl groups excluding tert-OH is 2. The third-order valence-electron chi connectivity index (χ3n) is 6.49. The Morgan fingerprint density at radius 3 is 2.58 bits per heavy atom. The molecule has 0 amide bonds. The summed E-state index contributed by atoms with van der Waals surface area (Å²) in [5.41, 5.74) is 1.39. The number of aliphatic hydroxyl groups is 2. The molecule has 0 unspecified atom stereocenters. The lowest BCUT2D eigenvalue weighted by atomic mass is 9.99. The van der Waals surface area contributed by atoms with Gasteiger partial charge in [-0.2, -0.15) is 13.2 Å². The number of β-amino-alcohol motifs (C(OH)–C–C–N with tert-alkyl or cyclic N) is 1. The molecule has 2 aliphatic rings. The maximum absolute atomic E-state index is 13.0. The molecule has 2 fully saturated rings. The van der Waals surface area contributed by atoms with Gasteiger partial charge in [0.1, 0.15) is 17.0 Å². The number of halogens is 3. The monoisotopic (exact) mass is 463 g/mol. The van der Waals surface area contributed by atoms with Gasteiger partial charge in [-0.1, -0.05) is 0 Å². The smallest absolute Gasteiger partial charge is 0.416 e. The van der Waals surface area contributed by atoms with Crippen LogP contribution in [0.15, 0.2) is 24.5 Å². The number of fused-ring (bicyclic) bond motifs is 1. The minimum absolute atomic E-state index is 0.0269. The molecule has 8 nitrogen and oxygen atoms in total. The van der Waals surface area contributed by atoms with Gasteiger partial charge < -0.3 is 19.9 Å². The van der Waals surface area contributed by atoms with Gasteiger partial charge >= 0.3 is 6.18 Å². The number of aromatic nitrogens is 4. The van der Waals surface area contributed by atoms with E-state index in [1.54, 1.807) is 10.9 Å². The molecule has 0 radical (unpaired) electrons. The summed E-state index contributed by atoms with van der Waals surface area (Å²) in [6, 6.07) is 2.52. The molecule has 1 saturated carbocycles. The van der Waals surface area contributed by atoms with Crippen molar-refractivity contribution in [3.63, 3.8) is 0 Å². The van der Waals surface area contributed by atoms with Crippen molar-refractivity contribution in [2.24, 2.45) is 0 Å². The number of piperidine rings is 1. The van der Waals surface area contributed by atoms with Gasteiger partial charge in [-0.3, -0.25) is 4.90 Å². The predicted octanol–water partition coefficient (Wildman–Crippen LogP) is 2.70. The fraction of sp³-hybridized carbons (Fsp3) is 0.500. The van der Waals surface area contributed by atoms with Gasteiger partial charge in [-0.05, 0) is 43.4 Å². The van der Waals surface area contributed by atoms with Crippen LogP contribution >= 0.6 is 0 Å². The summed E-state index contributed by atoms with van der Waals surface area (Å²) >= 11 is 0. The number of imidazole rings is 1. The average Bonchev–Trinajstić information content (AvgIpc) is 3.52. The van der Waals surface area contributed by atoms with Crippen molar-refractivity contribution in [2.45, 2.75) is 43.5 Å². The Bertz CT molecular complexity index is 1180. The highest BCUT2D eigenvalue weighted by atomic mass is 19.4. The quantitative estimate of drug-likeness (QED) is 0.534. The van der Waals surface area contributed by atoms with E-state index in [4.69, 9.17) is 0 Å². The first-order valence-corrected chi connectivity index (χ1v) is 10.9. The second-order valence-electron chi connectivity index (χ2n) is 8.74. The largest absolute Gasteiger partial charge is 0.507 e. The zero-order chi connectivity index (χ0) is 23.3. The van der Waals surface area contributed by atoms with Gasteiger partial charge in [0, 0.05) is 30.8 Å². The zero-order valence-corrected chi connectivity index (χ0v) is 17.7. The molecular weight excluding hydrogens is 439 g/mol. The van der Waals surface area contributed by atoms with E-state index in [1.807, 2.05) is 0 Å². The Hall–Kier alpha value is -2.76. The van der Waals surface area contributed by atoms with Crippen LogP contribution in [0.4, 0.5) is 13.2 Å². The van der Waals surface area contributed by atoms with E-state index in [1.165, 1.54) is 6.07 Å². The van der Waals surface area contributed by atoms with Crippen LogP contribution in [0, 0.1) is 0 Å². The lowest BCUT2D eigenvalue weighted by Crippen LogP contribution is -2.45. The van der Waals surface area contributed by atoms with Crippen LogP contribution in [0.2, 0.25) is 0 Å². The third kappa shape index (κ3) is 4.04. The molecular formula is C22H24F3N5O3. The SMILES string of the molecule is OCCN1CC[C@@H](O)[C@@H](n2cnc3c(C4CC4)c(-c4ccc(C(F)(F)F)cc4O)nnc32)C1. The van der Waals surface area contributed by atoms with Crippen molar-refractivity contribution < 1.29 is 28.5 Å². The molecule has 11 heteroatoms. The Morgan fingerprint density at radius 1 is 1.12 bits per heavy atom. The van der Waals surface area contributed by atoms with Crippen LogP contribution in [0.1, 0.15) is 42.3 Å². The molecule has 3 heterocycles. The lowest BCUT2D eigenvalue weighted by molar-refractivity contribution is -0.137. The van der Waals surface area contributed by atoms with E-state index in [0.29, 0.717) is 49.0 Å². The van der Waals surface area contributed by atoms with Crippen LogP contribution < -0.4 is 0 Å². The van der Waals surface area contributed by atoms with Crippen LogP contribution in [-0.4, -0.2) is 72.3 Å². The standard InChI is InChI=1S/C22H24F3N5O3/c23-22(24,25)13-3-4-14(17(33)9-13)19-18(12-1-2-12)20-21(28-27-19)30(11-26-20)15-10-29(7-8-31)6-5-16(15)32/h3-4,9,11-12,15-16,31-33H,1-2,5-8,10H2/t15-,16+/m0/s1. The highest BCUT2D eigenvalue weighted by molar-refractivity contribution is 5.84. The summed E-state index contributed by atoms with van der Waals surface area (Å²) in [5.74, 6) is -0.382. The van der Waals surface area contributed by atoms with Crippen LogP contribution in [0.3, 0.4) is 0 Å². The lowest BCUT2D eigenvalue weighted by Gasteiger charge is -2.36. The highest BCUT2D eigenvalue weighted by Crippen LogP contribution is 2.48. The van der Waals surface area contributed by atoms with Gasteiger partial charge in [-0.25, -0.2) is 4.98 Å². The van der Waals surface area contributed by atoms with Gasteiger partial charge in [0.2, 0.25) is 0 Å². The number of benzene rings is 1. The van der Waals surface area contributed by atoms with E-state index >= 15 is 0 Å². The van der Waals surface area contributed by atoms with Crippen molar-refractivity contribution in [3.8, 4) is 17.0 Å². The minimum atomic E-state index is -4.56. The molecule has 0 bridgehead atoms. The van der Waals surface area contributed by atoms with Crippen molar-refractivity contribution in [1.82, 2.24) is 24.6 Å². The van der Waals surface area contributed by atoms with E-state index in [-0.39, 0.29) is 24.1 Å². The van der Waals surface area contributed by atoms with Crippen molar-refractivity contribution in [2.75, 3.05) is 26.2 Å². The third-order valence-corrected chi connectivity index (χ3v) is 6.49. The first-order valence-electron chi connectivity index (χ1n) is 10.9. The maximum atomic E-state index is 13.0. The summed E-state index contributed by atoms with van der Waals surface area (Å²) in [4.78, 5) is 6.62. The average molecular weight is 463 g/mol. The van der Waals surface area contributed by atoms with E-state index in [9.17, 15) is 28.5 Å². The molecule has 1 saturated heterocycles. The molecule has 1 aliphatic heterocycles.